The highest BCUT2D eigenvalue weighted by Crippen LogP contribution is 2.38. The Morgan fingerprint density at radius 1 is 1.19 bits per heavy atom. The van der Waals surface area contributed by atoms with Crippen molar-refractivity contribution >= 4 is 17.7 Å². The fraction of sp³-hybridized carbons (Fsp3) is 0.375. The van der Waals surface area contributed by atoms with Crippen LogP contribution in [0.1, 0.15) is 37.8 Å². The Labute approximate surface area is 183 Å². The van der Waals surface area contributed by atoms with Crippen LogP contribution in [0, 0.1) is 10.1 Å². The molecule has 7 nitrogen and oxygen atoms in total. The second kappa shape index (κ2) is 9.85. The minimum atomic E-state index is -0.357. The van der Waals surface area contributed by atoms with Crippen LogP contribution in [0.5, 0.6) is 0 Å². The average molecular weight is 423 g/mol. The Morgan fingerprint density at radius 2 is 1.94 bits per heavy atom. The summed E-state index contributed by atoms with van der Waals surface area (Å²) < 4.78 is 0. The van der Waals surface area contributed by atoms with E-state index >= 15 is 0 Å². The number of nitrogens with zero attached hydrogens (tertiary/aromatic N) is 3. The Bertz CT molecular complexity index is 987. The van der Waals surface area contributed by atoms with Crippen LogP contribution in [-0.4, -0.2) is 53.5 Å². The van der Waals surface area contributed by atoms with Gasteiger partial charge in [-0.2, -0.15) is 0 Å². The van der Waals surface area contributed by atoms with Gasteiger partial charge < -0.3 is 4.90 Å². The number of nitro groups is 1. The van der Waals surface area contributed by atoms with Crippen molar-refractivity contribution in [2.45, 2.75) is 32.7 Å². The van der Waals surface area contributed by atoms with Crippen molar-refractivity contribution in [1.82, 2.24) is 15.3 Å². The van der Waals surface area contributed by atoms with Crippen LogP contribution in [0.4, 0.5) is 5.69 Å². The topological polar surface area (TPSA) is 78.7 Å². The lowest BCUT2D eigenvalue weighted by Gasteiger charge is -2.38. The Hall–Kier alpha value is -3.03. The van der Waals surface area contributed by atoms with Gasteiger partial charge in [-0.3, -0.25) is 20.3 Å². The number of benzene rings is 2. The van der Waals surface area contributed by atoms with Crippen molar-refractivity contribution in [3.8, 4) is 11.1 Å². The molecule has 2 aromatic carbocycles. The van der Waals surface area contributed by atoms with Gasteiger partial charge in [-0.1, -0.05) is 50.2 Å². The highest BCUT2D eigenvalue weighted by molar-refractivity contribution is 5.94. The number of rotatable bonds is 6. The van der Waals surface area contributed by atoms with Crippen molar-refractivity contribution in [2.75, 3.05) is 26.7 Å². The third kappa shape index (κ3) is 5.00. The molecule has 3 rings (SSSR count). The number of carbonyl (C=O) groups is 1. The zero-order chi connectivity index (χ0) is 22.5. The molecular formula is C24H30N4O3. The molecule has 0 radical (unpaired) electrons. The molecule has 0 aliphatic carbocycles. The molecule has 0 saturated carbocycles. The number of nitro benzene ring substituents is 1. The minimum absolute atomic E-state index is 0.0405. The Morgan fingerprint density at radius 3 is 2.58 bits per heavy atom. The summed E-state index contributed by atoms with van der Waals surface area (Å²) in [5, 5.41) is 13.9. The second-order valence-electron chi connectivity index (χ2n) is 8.12. The van der Waals surface area contributed by atoms with E-state index < -0.39 is 0 Å². The molecule has 1 heterocycles. The van der Waals surface area contributed by atoms with Gasteiger partial charge in [-0.15, -0.1) is 0 Å². The van der Waals surface area contributed by atoms with Gasteiger partial charge in [0.15, 0.2) is 0 Å². The molecule has 1 N–H and O–H groups in total. The van der Waals surface area contributed by atoms with Crippen molar-refractivity contribution in [3.63, 3.8) is 0 Å². The first kappa shape index (κ1) is 22.7. The Balaban J connectivity index is 1.99. The lowest BCUT2D eigenvalue weighted by atomic mass is 9.89. The van der Waals surface area contributed by atoms with E-state index in [1.807, 2.05) is 49.2 Å². The normalized spacial score (nSPS) is 17.5. The minimum Gasteiger partial charge on any atom is -0.334 e. The first-order valence-electron chi connectivity index (χ1n) is 10.6. The van der Waals surface area contributed by atoms with Crippen molar-refractivity contribution in [2.24, 2.45) is 0 Å². The summed E-state index contributed by atoms with van der Waals surface area (Å²) in [6, 6.07) is 12.8. The van der Waals surface area contributed by atoms with Crippen molar-refractivity contribution < 1.29 is 9.72 Å². The van der Waals surface area contributed by atoms with Crippen LogP contribution in [0.25, 0.3) is 17.2 Å². The average Bonchev–Trinajstić information content (AvgIpc) is 2.76. The Kier molecular flexibility index (Phi) is 7.20. The predicted octanol–water partition coefficient (Wildman–Crippen LogP) is 4.07. The van der Waals surface area contributed by atoms with Crippen LogP contribution < -0.4 is 5.43 Å². The molecule has 1 atom stereocenters. The summed E-state index contributed by atoms with van der Waals surface area (Å²) in [5.41, 5.74) is 6.24. The molecular weight excluding hydrogens is 392 g/mol. The highest BCUT2D eigenvalue weighted by Gasteiger charge is 2.26. The maximum absolute atomic E-state index is 12.9. The molecule has 1 fully saturated rings. The second-order valence-corrected chi connectivity index (χ2v) is 8.12. The molecule has 1 aliphatic heterocycles. The van der Waals surface area contributed by atoms with E-state index in [0.29, 0.717) is 17.7 Å². The molecule has 0 aromatic heterocycles. The summed E-state index contributed by atoms with van der Waals surface area (Å²) in [5.74, 6) is 0.122. The number of amides is 1. The third-order valence-electron chi connectivity index (χ3n) is 5.76. The van der Waals surface area contributed by atoms with Gasteiger partial charge in [-0.25, -0.2) is 5.01 Å². The summed E-state index contributed by atoms with van der Waals surface area (Å²) in [7, 11) is 1.88. The molecule has 1 amide bonds. The smallest absolute Gasteiger partial charge is 0.277 e. The third-order valence-corrected chi connectivity index (χ3v) is 5.76. The molecule has 1 saturated heterocycles. The van der Waals surface area contributed by atoms with E-state index in [4.69, 9.17) is 0 Å². The van der Waals surface area contributed by atoms with E-state index in [-0.39, 0.29) is 28.5 Å². The monoisotopic (exact) mass is 422 g/mol. The molecule has 0 bridgehead atoms. The van der Waals surface area contributed by atoms with Gasteiger partial charge in [0.2, 0.25) is 5.91 Å². The van der Waals surface area contributed by atoms with E-state index in [9.17, 15) is 14.9 Å². The van der Waals surface area contributed by atoms with E-state index in [0.717, 1.165) is 24.2 Å². The lowest BCUT2D eigenvalue weighted by Crippen LogP contribution is -2.56. The lowest BCUT2D eigenvalue weighted by molar-refractivity contribution is -0.384. The summed E-state index contributed by atoms with van der Waals surface area (Å²) in [6.07, 6.45) is 3.24. The first-order chi connectivity index (χ1) is 14.8. The standard InChI is InChI=1S/C24H30N4O3/c1-17(2)20-9-5-6-10-21(20)24-19(8-7-11-22(24)28(30)31)12-13-23(29)27-15-14-26(25-4)16-18(27)3/h5-13,17-18,25H,14-16H2,1-4H3/b13-12+. The molecule has 2 aromatic rings. The quantitative estimate of drug-likeness (QED) is 0.431. The molecule has 31 heavy (non-hydrogen) atoms. The number of piperazine rings is 1. The van der Waals surface area contributed by atoms with E-state index in [1.165, 1.54) is 12.1 Å². The SMILES string of the molecule is CNN1CCN(C(=O)/C=C/c2cccc([N+](=O)[O-])c2-c2ccccc2C(C)C)C(C)C1. The number of hydrazine groups is 1. The zero-order valence-electron chi connectivity index (χ0n) is 18.5. The van der Waals surface area contributed by atoms with Gasteiger partial charge in [0.25, 0.3) is 5.69 Å². The first-order valence-corrected chi connectivity index (χ1v) is 10.6. The summed E-state index contributed by atoms with van der Waals surface area (Å²) in [6.45, 7) is 8.29. The van der Waals surface area contributed by atoms with Crippen LogP contribution in [-0.2, 0) is 4.79 Å². The zero-order valence-corrected chi connectivity index (χ0v) is 18.5. The molecule has 1 unspecified atom stereocenters. The van der Waals surface area contributed by atoms with Crippen LogP contribution >= 0.6 is 0 Å². The maximum atomic E-state index is 12.9. The van der Waals surface area contributed by atoms with E-state index in [1.54, 1.807) is 12.1 Å². The van der Waals surface area contributed by atoms with Crippen molar-refractivity contribution in [3.05, 3.63) is 69.8 Å². The van der Waals surface area contributed by atoms with Gasteiger partial charge in [0.1, 0.15) is 0 Å². The largest absolute Gasteiger partial charge is 0.334 e. The molecule has 164 valence electrons. The van der Waals surface area contributed by atoms with Gasteiger partial charge >= 0.3 is 0 Å². The number of carbonyl (C=O) groups excluding carboxylic acids is 1. The van der Waals surface area contributed by atoms with Crippen LogP contribution in [0.15, 0.2) is 48.5 Å². The molecule has 0 spiro atoms. The predicted molar refractivity (Wildman–Crippen MR) is 123 cm³/mol. The summed E-state index contributed by atoms with van der Waals surface area (Å²) >= 11 is 0. The van der Waals surface area contributed by atoms with E-state index in [2.05, 4.69) is 24.3 Å². The van der Waals surface area contributed by atoms with Gasteiger partial charge in [0.05, 0.1) is 10.5 Å². The fourth-order valence-corrected chi connectivity index (χ4v) is 4.12. The molecule has 7 heteroatoms. The fourth-order valence-electron chi connectivity index (χ4n) is 4.12. The molecule has 1 aliphatic rings. The number of nitrogens with one attached hydrogen (secondary N) is 1. The number of hydrogen-bond acceptors (Lipinski definition) is 5. The number of hydrogen-bond donors (Lipinski definition) is 1. The van der Waals surface area contributed by atoms with Crippen molar-refractivity contribution in [1.29, 1.82) is 0 Å². The van der Waals surface area contributed by atoms with Crippen LogP contribution in [0.2, 0.25) is 0 Å². The highest BCUT2D eigenvalue weighted by atomic mass is 16.6. The van der Waals surface area contributed by atoms with Crippen LogP contribution in [0.3, 0.4) is 0 Å². The van der Waals surface area contributed by atoms with Gasteiger partial charge in [0, 0.05) is 37.8 Å². The summed E-state index contributed by atoms with van der Waals surface area (Å²) in [4.78, 5) is 26.2. The maximum Gasteiger partial charge on any atom is 0.277 e. The van der Waals surface area contributed by atoms with Gasteiger partial charge in [-0.05, 0) is 42.7 Å².